The molecule has 114 valence electrons. The van der Waals surface area contributed by atoms with Crippen molar-refractivity contribution in [2.45, 2.75) is 37.1 Å². The zero-order valence-electron chi connectivity index (χ0n) is 11.9. The van der Waals surface area contributed by atoms with Crippen LogP contribution in [0.3, 0.4) is 0 Å². The molecule has 0 bridgehead atoms. The van der Waals surface area contributed by atoms with Gasteiger partial charge in [0.05, 0.1) is 6.54 Å². The molecule has 1 aromatic carbocycles. The van der Waals surface area contributed by atoms with Crippen LogP contribution < -0.4 is 10.5 Å². The largest absolute Gasteiger partial charge is 0.320 e. The number of sulfonamides is 1. The molecular formula is C15H19FN2O2S. The van der Waals surface area contributed by atoms with E-state index in [9.17, 15) is 12.8 Å². The first-order chi connectivity index (χ1) is 9.94. The quantitative estimate of drug-likeness (QED) is 0.833. The number of benzene rings is 1. The molecule has 1 aromatic rings. The lowest BCUT2D eigenvalue weighted by Crippen LogP contribution is -2.36. The van der Waals surface area contributed by atoms with Gasteiger partial charge in [-0.15, -0.1) is 0 Å². The van der Waals surface area contributed by atoms with Crippen molar-refractivity contribution in [2.75, 3.05) is 6.54 Å². The van der Waals surface area contributed by atoms with Crippen molar-refractivity contribution in [3.63, 3.8) is 0 Å². The molecule has 4 nitrogen and oxygen atoms in total. The predicted molar refractivity (Wildman–Crippen MR) is 79.5 cm³/mol. The molecule has 2 rings (SSSR count). The summed E-state index contributed by atoms with van der Waals surface area (Å²) in [5.74, 6) is 4.76. The third-order valence-corrected chi connectivity index (χ3v) is 5.25. The van der Waals surface area contributed by atoms with Crippen molar-refractivity contribution in [1.29, 1.82) is 0 Å². The summed E-state index contributed by atoms with van der Waals surface area (Å²) < 4.78 is 41.2. The molecule has 0 saturated heterocycles. The van der Waals surface area contributed by atoms with Gasteiger partial charge in [-0.25, -0.2) is 17.5 Å². The van der Waals surface area contributed by atoms with Crippen LogP contribution in [0, 0.1) is 23.6 Å². The summed E-state index contributed by atoms with van der Waals surface area (Å²) in [6.45, 7) is 2.17. The smallest absolute Gasteiger partial charge is 0.243 e. The van der Waals surface area contributed by atoms with Gasteiger partial charge < -0.3 is 5.73 Å². The molecule has 3 N–H and O–H groups in total. The summed E-state index contributed by atoms with van der Waals surface area (Å²) in [6, 6.07) is 3.73. The van der Waals surface area contributed by atoms with E-state index in [2.05, 4.69) is 16.6 Å². The molecule has 0 spiro atoms. The number of halogens is 1. The molecule has 1 aliphatic rings. The number of nitrogens with one attached hydrogen (secondary N) is 1. The normalized spacial score (nSPS) is 21.9. The molecule has 1 saturated carbocycles. The Morgan fingerprint density at radius 3 is 2.76 bits per heavy atom. The van der Waals surface area contributed by atoms with Crippen LogP contribution in [-0.4, -0.2) is 21.0 Å². The molecule has 6 heteroatoms. The summed E-state index contributed by atoms with van der Waals surface area (Å²) in [4.78, 5) is -0.333. The van der Waals surface area contributed by atoms with Crippen molar-refractivity contribution < 1.29 is 12.8 Å². The predicted octanol–water partition coefficient (Wildman–Crippen LogP) is 1.60. The summed E-state index contributed by atoms with van der Waals surface area (Å²) in [7, 11) is -3.84. The molecule has 0 aliphatic heterocycles. The zero-order valence-corrected chi connectivity index (χ0v) is 12.7. The third-order valence-electron chi connectivity index (χ3n) is 3.72. The fourth-order valence-electron chi connectivity index (χ4n) is 2.53. The lowest BCUT2D eigenvalue weighted by Gasteiger charge is -2.17. The Hall–Kier alpha value is -1.42. The van der Waals surface area contributed by atoms with E-state index >= 15 is 0 Å². The lowest BCUT2D eigenvalue weighted by molar-refractivity contribution is 0.473. The molecule has 1 aliphatic carbocycles. The third kappa shape index (κ3) is 3.82. The maximum Gasteiger partial charge on any atom is 0.243 e. The van der Waals surface area contributed by atoms with Crippen molar-refractivity contribution in [3.05, 3.63) is 29.6 Å². The highest BCUT2D eigenvalue weighted by molar-refractivity contribution is 7.89. The highest BCUT2D eigenvalue weighted by Crippen LogP contribution is 2.27. The van der Waals surface area contributed by atoms with Crippen LogP contribution in [0.1, 0.15) is 31.7 Å². The van der Waals surface area contributed by atoms with Gasteiger partial charge in [0.15, 0.2) is 0 Å². The van der Waals surface area contributed by atoms with Crippen molar-refractivity contribution >= 4 is 10.0 Å². The number of hydrogen-bond acceptors (Lipinski definition) is 3. The Bertz CT molecular complexity index is 677. The van der Waals surface area contributed by atoms with Gasteiger partial charge in [0.25, 0.3) is 0 Å². The summed E-state index contributed by atoms with van der Waals surface area (Å²) in [6.07, 6.45) is 2.77. The highest BCUT2D eigenvalue weighted by atomic mass is 32.2. The second-order valence-corrected chi connectivity index (χ2v) is 6.97. The van der Waals surface area contributed by atoms with Crippen LogP contribution >= 0.6 is 0 Å². The minimum atomic E-state index is -3.84. The Morgan fingerprint density at radius 1 is 1.43 bits per heavy atom. The van der Waals surface area contributed by atoms with E-state index in [4.69, 9.17) is 5.73 Å². The van der Waals surface area contributed by atoms with E-state index in [1.165, 1.54) is 12.1 Å². The Labute approximate surface area is 125 Å². The first kappa shape index (κ1) is 16.0. The van der Waals surface area contributed by atoms with Crippen molar-refractivity contribution in [3.8, 4) is 11.8 Å². The molecule has 0 radical (unpaired) electrons. The van der Waals surface area contributed by atoms with Crippen LogP contribution in [0.25, 0.3) is 0 Å². The van der Waals surface area contributed by atoms with E-state index in [1.807, 2.05) is 6.92 Å². The number of hydrogen-bond donors (Lipinski definition) is 2. The van der Waals surface area contributed by atoms with E-state index in [0.29, 0.717) is 5.56 Å². The van der Waals surface area contributed by atoms with Gasteiger partial charge in [-0.3, -0.25) is 0 Å². The van der Waals surface area contributed by atoms with Gasteiger partial charge in [-0.2, -0.15) is 0 Å². The maximum absolute atomic E-state index is 14.0. The molecule has 1 fully saturated rings. The number of nitrogens with two attached hydrogens (primary N) is 1. The van der Waals surface area contributed by atoms with Gasteiger partial charge >= 0.3 is 0 Å². The molecular weight excluding hydrogens is 291 g/mol. The molecule has 2 atom stereocenters. The highest BCUT2D eigenvalue weighted by Gasteiger charge is 2.29. The molecule has 0 aromatic heterocycles. The average molecular weight is 310 g/mol. The minimum Gasteiger partial charge on any atom is -0.320 e. The van der Waals surface area contributed by atoms with Gasteiger partial charge in [-0.1, -0.05) is 25.2 Å². The Kier molecular flexibility index (Phi) is 4.99. The topological polar surface area (TPSA) is 72.2 Å². The van der Waals surface area contributed by atoms with E-state index in [1.54, 1.807) is 0 Å². The first-order valence-electron chi connectivity index (χ1n) is 6.95. The van der Waals surface area contributed by atoms with Crippen molar-refractivity contribution in [1.82, 2.24) is 4.72 Å². The molecule has 0 amide bonds. The zero-order chi connectivity index (χ0) is 15.5. The Morgan fingerprint density at radius 2 is 2.19 bits per heavy atom. The minimum absolute atomic E-state index is 0.119. The van der Waals surface area contributed by atoms with Crippen LogP contribution in [0.15, 0.2) is 23.1 Å². The fourth-order valence-corrected chi connectivity index (χ4v) is 3.97. The van der Waals surface area contributed by atoms with Crippen molar-refractivity contribution in [2.24, 2.45) is 11.7 Å². The van der Waals surface area contributed by atoms with Gasteiger partial charge in [0, 0.05) is 11.6 Å². The van der Waals surface area contributed by atoms with Crippen LogP contribution in [-0.2, 0) is 10.0 Å². The summed E-state index contributed by atoms with van der Waals surface area (Å²) >= 11 is 0. The monoisotopic (exact) mass is 310 g/mol. The summed E-state index contributed by atoms with van der Waals surface area (Å²) in [5.41, 5.74) is 5.65. The Balaban J connectivity index is 2.24. The van der Waals surface area contributed by atoms with Crippen LogP contribution in [0.4, 0.5) is 4.39 Å². The average Bonchev–Trinajstić information content (AvgIpc) is 2.81. The SMILES string of the molecule is CC1CCCC1NS(=O)(=O)c1ccc(C#CCN)cc1F. The fraction of sp³-hybridized carbons (Fsp3) is 0.467. The lowest BCUT2D eigenvalue weighted by atomic mass is 10.1. The van der Waals surface area contributed by atoms with E-state index < -0.39 is 15.8 Å². The maximum atomic E-state index is 14.0. The second-order valence-electron chi connectivity index (χ2n) is 5.29. The molecule has 2 unspecified atom stereocenters. The standard InChI is InChI=1S/C15H19FN2O2S/c1-11-4-2-6-14(11)18-21(19,20)15-8-7-12(5-3-9-17)10-13(15)16/h7-8,10-11,14,18H,2,4,6,9,17H2,1H3. The molecule has 0 heterocycles. The van der Waals surface area contributed by atoms with Gasteiger partial charge in [-0.05, 0) is 37.0 Å². The summed E-state index contributed by atoms with van der Waals surface area (Å²) in [5, 5.41) is 0. The van der Waals surface area contributed by atoms with E-state index in [-0.39, 0.29) is 23.4 Å². The van der Waals surface area contributed by atoms with Crippen LogP contribution in [0.5, 0.6) is 0 Å². The van der Waals surface area contributed by atoms with Gasteiger partial charge in [0.2, 0.25) is 10.0 Å². The second kappa shape index (κ2) is 6.56. The number of rotatable bonds is 3. The first-order valence-corrected chi connectivity index (χ1v) is 8.43. The van der Waals surface area contributed by atoms with Crippen LogP contribution in [0.2, 0.25) is 0 Å². The molecule has 21 heavy (non-hydrogen) atoms. The van der Waals surface area contributed by atoms with Gasteiger partial charge in [0.1, 0.15) is 10.7 Å². The van der Waals surface area contributed by atoms with E-state index in [0.717, 1.165) is 25.3 Å².